The zero-order valence-corrected chi connectivity index (χ0v) is 8.95. The van der Waals surface area contributed by atoms with Gasteiger partial charge in [0.25, 0.3) is 0 Å². The Morgan fingerprint density at radius 1 is 0.800 bits per heavy atom. The molecule has 0 fully saturated rings. The molecule has 88 valence electrons. The van der Waals surface area contributed by atoms with Crippen LogP contribution in [-0.2, 0) is 18.1 Å². The van der Waals surface area contributed by atoms with Crippen LogP contribution in [0.4, 0.5) is 0 Å². The normalized spacial score (nSPS) is 11.1. The first-order valence-corrected chi connectivity index (χ1v) is 5.78. The molecular weight excluding hydrogens is 232 g/mol. The average molecular weight is 251 g/mol. The first kappa shape index (κ1) is 18.4. The van der Waals surface area contributed by atoms with Gasteiger partial charge in [-0.1, -0.05) is 0 Å². The Morgan fingerprint density at radius 2 is 1.07 bits per heavy atom. The summed E-state index contributed by atoms with van der Waals surface area (Å²) in [6.45, 7) is 1.02. The van der Waals surface area contributed by atoms with Crippen molar-refractivity contribution in [2.75, 3.05) is 39.5 Å². The average Bonchev–Trinajstić information content (AvgIpc) is 2.21. The maximum absolute atomic E-state index is 11.7. The molecule has 0 saturated heterocycles. The third-order valence-corrected chi connectivity index (χ3v) is 2.60. The fourth-order valence-electron chi connectivity index (χ4n) is 0.605. The fraction of sp³-hybridized carbons (Fsp3) is 1.00. The van der Waals surface area contributed by atoms with Crippen LogP contribution in [0.1, 0.15) is 0 Å². The maximum atomic E-state index is 11.7. The van der Waals surface area contributed by atoms with Gasteiger partial charge in [-0.3, -0.25) is 13.6 Å². The molecule has 0 aliphatic rings. The van der Waals surface area contributed by atoms with Crippen molar-refractivity contribution in [1.82, 2.24) is 0 Å². The van der Waals surface area contributed by atoms with E-state index in [1.54, 1.807) is 0 Å². The zero-order valence-electron chi connectivity index (χ0n) is 8.05. The molecule has 9 heteroatoms. The molecule has 0 saturated carbocycles. The summed E-state index contributed by atoms with van der Waals surface area (Å²) in [5, 5.41) is 0. The number of hydrogen-bond acceptors (Lipinski definition) is 7. The van der Waals surface area contributed by atoms with Crippen LogP contribution in [0, 0.1) is 0 Å². The molecule has 15 heavy (non-hydrogen) atoms. The Morgan fingerprint density at radius 3 is 1.27 bits per heavy atom. The first-order chi connectivity index (χ1) is 6.68. The SMILES string of the molecule is NCCOP(=O)(OCCN)OCCN.[NaH]. The van der Waals surface area contributed by atoms with Crippen molar-refractivity contribution in [2.45, 2.75) is 0 Å². The van der Waals surface area contributed by atoms with Crippen LogP contribution < -0.4 is 17.2 Å². The molecule has 0 aromatic rings. The summed E-state index contributed by atoms with van der Waals surface area (Å²) in [5.41, 5.74) is 15.6. The molecular formula is C6H19N3NaO4P. The predicted octanol–water partition coefficient (Wildman–Crippen LogP) is -1.63. The summed E-state index contributed by atoms with van der Waals surface area (Å²) in [6.07, 6.45) is 0. The van der Waals surface area contributed by atoms with Gasteiger partial charge in [-0.25, -0.2) is 4.57 Å². The number of hydrogen-bond donors (Lipinski definition) is 3. The molecule has 0 rings (SSSR count). The Bertz CT molecular complexity index is 157. The summed E-state index contributed by atoms with van der Waals surface area (Å²) in [6, 6.07) is 0. The van der Waals surface area contributed by atoms with E-state index in [1.807, 2.05) is 0 Å². The molecule has 0 aromatic carbocycles. The Labute approximate surface area is 112 Å². The molecule has 0 amide bonds. The van der Waals surface area contributed by atoms with E-state index in [0.717, 1.165) is 0 Å². The van der Waals surface area contributed by atoms with Crippen LogP contribution in [0.25, 0.3) is 0 Å². The summed E-state index contributed by atoms with van der Waals surface area (Å²) in [4.78, 5) is 0. The van der Waals surface area contributed by atoms with Crippen molar-refractivity contribution in [2.24, 2.45) is 17.2 Å². The first-order valence-electron chi connectivity index (χ1n) is 4.32. The molecule has 0 aliphatic heterocycles. The second-order valence-corrected chi connectivity index (χ2v) is 3.98. The topological polar surface area (TPSA) is 123 Å². The summed E-state index contributed by atoms with van der Waals surface area (Å²) < 4.78 is 26.2. The van der Waals surface area contributed by atoms with Gasteiger partial charge in [-0.05, 0) is 0 Å². The zero-order chi connectivity index (χ0) is 10.9. The van der Waals surface area contributed by atoms with Crippen LogP contribution in [-0.4, -0.2) is 69.0 Å². The van der Waals surface area contributed by atoms with E-state index in [0.29, 0.717) is 0 Å². The van der Waals surface area contributed by atoms with Crippen molar-refractivity contribution in [3.05, 3.63) is 0 Å². The molecule has 0 radical (unpaired) electrons. The van der Waals surface area contributed by atoms with Crippen LogP contribution in [0.3, 0.4) is 0 Å². The van der Waals surface area contributed by atoms with Gasteiger partial charge in [-0.15, -0.1) is 0 Å². The minimum absolute atomic E-state index is 0. The second-order valence-electron chi connectivity index (χ2n) is 2.31. The van der Waals surface area contributed by atoms with Gasteiger partial charge in [0.2, 0.25) is 0 Å². The van der Waals surface area contributed by atoms with Crippen LogP contribution in [0.2, 0.25) is 0 Å². The number of phosphoric ester groups is 1. The molecule has 0 spiro atoms. The van der Waals surface area contributed by atoms with E-state index >= 15 is 0 Å². The van der Waals surface area contributed by atoms with Gasteiger partial charge < -0.3 is 17.2 Å². The standard InChI is InChI=1S/C6H18N3O4P.Na.H/c7-1-4-11-14(10,12-5-2-8)13-6-3-9;;/h1-9H2;;. The van der Waals surface area contributed by atoms with Crippen molar-refractivity contribution in [3.63, 3.8) is 0 Å². The Kier molecular flexibility index (Phi) is 14.0. The Balaban J connectivity index is 0. The summed E-state index contributed by atoms with van der Waals surface area (Å²) in [5.74, 6) is 0. The van der Waals surface area contributed by atoms with Crippen molar-refractivity contribution in [1.29, 1.82) is 0 Å². The van der Waals surface area contributed by atoms with Crippen LogP contribution >= 0.6 is 7.82 Å². The van der Waals surface area contributed by atoms with E-state index in [2.05, 4.69) is 0 Å². The van der Waals surface area contributed by atoms with Gasteiger partial charge >= 0.3 is 37.4 Å². The van der Waals surface area contributed by atoms with E-state index in [-0.39, 0.29) is 69.0 Å². The molecule has 0 bridgehead atoms. The summed E-state index contributed by atoms with van der Waals surface area (Å²) >= 11 is 0. The van der Waals surface area contributed by atoms with Gasteiger partial charge in [-0.2, -0.15) is 0 Å². The van der Waals surface area contributed by atoms with Gasteiger partial charge in [0.1, 0.15) is 0 Å². The molecule has 0 unspecified atom stereocenters. The number of nitrogens with two attached hydrogens (primary N) is 3. The monoisotopic (exact) mass is 251 g/mol. The Hall–Kier alpha value is 0.990. The summed E-state index contributed by atoms with van der Waals surface area (Å²) in [7, 11) is -3.51. The quantitative estimate of drug-likeness (QED) is 0.332. The number of phosphoric acid groups is 1. The fourth-order valence-corrected chi connectivity index (χ4v) is 1.82. The van der Waals surface area contributed by atoms with Crippen LogP contribution in [0.15, 0.2) is 0 Å². The molecule has 0 aliphatic carbocycles. The van der Waals surface area contributed by atoms with E-state index in [4.69, 9.17) is 30.8 Å². The third-order valence-electron chi connectivity index (χ3n) is 1.10. The third kappa shape index (κ3) is 9.89. The van der Waals surface area contributed by atoms with Gasteiger partial charge in [0, 0.05) is 19.6 Å². The van der Waals surface area contributed by atoms with E-state index in [9.17, 15) is 4.57 Å². The van der Waals surface area contributed by atoms with Crippen LogP contribution in [0.5, 0.6) is 0 Å². The van der Waals surface area contributed by atoms with E-state index < -0.39 is 7.82 Å². The molecule has 7 nitrogen and oxygen atoms in total. The second kappa shape index (κ2) is 11.5. The van der Waals surface area contributed by atoms with E-state index in [1.165, 1.54) is 0 Å². The minimum atomic E-state index is -3.51. The molecule has 0 atom stereocenters. The molecule has 0 heterocycles. The van der Waals surface area contributed by atoms with Gasteiger partial charge in [0.05, 0.1) is 19.8 Å². The van der Waals surface area contributed by atoms with Gasteiger partial charge in [0.15, 0.2) is 0 Å². The number of rotatable bonds is 9. The molecule has 6 N–H and O–H groups in total. The van der Waals surface area contributed by atoms with Crippen molar-refractivity contribution >= 4 is 37.4 Å². The predicted molar refractivity (Wildman–Crippen MR) is 59.8 cm³/mol. The van der Waals surface area contributed by atoms with Crippen molar-refractivity contribution in [3.8, 4) is 0 Å². The van der Waals surface area contributed by atoms with Crippen molar-refractivity contribution < 1.29 is 18.1 Å². The molecule has 0 aromatic heterocycles.